The summed E-state index contributed by atoms with van der Waals surface area (Å²) < 4.78 is 6.21. The number of halogens is 1. The van der Waals surface area contributed by atoms with Crippen LogP contribution in [0.3, 0.4) is 0 Å². The number of carbonyl (C=O) groups excluding carboxylic acids is 2. The first-order valence-corrected chi connectivity index (χ1v) is 11.3. The second kappa shape index (κ2) is 8.26. The lowest BCUT2D eigenvalue weighted by Crippen LogP contribution is -2.58. The van der Waals surface area contributed by atoms with E-state index in [9.17, 15) is 9.59 Å². The molecular formula is C24H31ClN2O3. The second-order valence-electron chi connectivity index (χ2n) is 9.93. The van der Waals surface area contributed by atoms with Crippen molar-refractivity contribution in [1.82, 2.24) is 10.2 Å². The Balaban J connectivity index is 1.59. The Labute approximate surface area is 183 Å². The average molecular weight is 431 g/mol. The predicted octanol–water partition coefficient (Wildman–Crippen LogP) is 4.40. The first kappa shape index (κ1) is 21.2. The molecule has 1 heterocycles. The van der Waals surface area contributed by atoms with Crippen LogP contribution in [0.5, 0.6) is 0 Å². The van der Waals surface area contributed by atoms with Crippen LogP contribution in [0.4, 0.5) is 0 Å². The predicted molar refractivity (Wildman–Crippen MR) is 118 cm³/mol. The molecule has 0 spiro atoms. The number of fused-ring (bicyclic) bond motifs is 1. The third kappa shape index (κ3) is 4.83. The van der Waals surface area contributed by atoms with E-state index in [0.717, 1.165) is 37.7 Å². The van der Waals surface area contributed by atoms with Crippen LogP contribution in [-0.4, -0.2) is 41.4 Å². The number of nitrogens with zero attached hydrogens (tertiary/aromatic N) is 1. The van der Waals surface area contributed by atoms with Gasteiger partial charge < -0.3 is 15.0 Å². The van der Waals surface area contributed by atoms with Gasteiger partial charge in [0.25, 0.3) is 5.91 Å². The Kier molecular flexibility index (Phi) is 5.84. The number of rotatable bonds is 4. The molecule has 1 saturated heterocycles. The Morgan fingerprint density at radius 3 is 2.53 bits per heavy atom. The van der Waals surface area contributed by atoms with Crippen molar-refractivity contribution >= 4 is 29.5 Å². The van der Waals surface area contributed by atoms with Crippen molar-refractivity contribution in [3.63, 3.8) is 0 Å². The third-order valence-electron chi connectivity index (χ3n) is 6.55. The number of nitrogens with one attached hydrogen (secondary N) is 1. The Morgan fingerprint density at radius 1 is 1.20 bits per heavy atom. The summed E-state index contributed by atoms with van der Waals surface area (Å²) in [7, 11) is 0. The van der Waals surface area contributed by atoms with Crippen molar-refractivity contribution in [3.05, 3.63) is 40.6 Å². The van der Waals surface area contributed by atoms with E-state index in [2.05, 4.69) is 26.1 Å². The zero-order chi connectivity index (χ0) is 21.5. The first-order valence-electron chi connectivity index (χ1n) is 10.9. The highest BCUT2D eigenvalue weighted by Crippen LogP contribution is 2.42. The van der Waals surface area contributed by atoms with E-state index >= 15 is 0 Å². The summed E-state index contributed by atoms with van der Waals surface area (Å²) in [5.74, 6) is 0.528. The fourth-order valence-corrected chi connectivity index (χ4v) is 4.65. The lowest BCUT2D eigenvalue weighted by Gasteiger charge is -2.48. The molecule has 4 rings (SSSR count). The van der Waals surface area contributed by atoms with Crippen molar-refractivity contribution in [2.24, 2.45) is 11.3 Å². The van der Waals surface area contributed by atoms with Crippen molar-refractivity contribution in [3.8, 4) is 0 Å². The van der Waals surface area contributed by atoms with Gasteiger partial charge in [0.05, 0.1) is 6.04 Å². The number of hydrogen-bond donors (Lipinski definition) is 1. The molecular weight excluding hydrogens is 400 g/mol. The fraction of sp³-hybridized carbons (Fsp3) is 0.583. The van der Waals surface area contributed by atoms with Gasteiger partial charge in [0.1, 0.15) is 12.6 Å². The molecule has 0 radical (unpaired) electrons. The molecule has 2 amide bonds. The fourth-order valence-electron chi connectivity index (χ4n) is 4.53. The largest absolute Gasteiger partial charge is 0.482 e. The van der Waals surface area contributed by atoms with Gasteiger partial charge in [-0.25, -0.2) is 0 Å². The summed E-state index contributed by atoms with van der Waals surface area (Å²) >= 11 is 5.98. The maximum Gasteiger partial charge on any atom is 0.289 e. The molecule has 1 aromatic carbocycles. The molecule has 1 aromatic rings. The minimum absolute atomic E-state index is 0.0669. The van der Waals surface area contributed by atoms with Crippen LogP contribution in [0.1, 0.15) is 58.4 Å². The standard InChI is InChI=1S/C24H31ClN2O3/c1-24(2,3)16-6-11-20-19(13-16)27(14-22(28)26-18-9-10-18)23(29)21(30-20)12-15-4-7-17(25)8-5-15/h4-5,7-8,12,16,18-20H,6,9-11,13-14H2,1-3H3,(H,26,28)/b21-12+. The van der Waals surface area contributed by atoms with Crippen LogP contribution in [0.2, 0.25) is 5.02 Å². The highest BCUT2D eigenvalue weighted by Gasteiger charge is 2.46. The molecule has 1 aliphatic heterocycles. The monoisotopic (exact) mass is 430 g/mol. The van der Waals surface area contributed by atoms with Gasteiger partial charge in [0, 0.05) is 11.1 Å². The van der Waals surface area contributed by atoms with Crippen molar-refractivity contribution in [2.75, 3.05) is 6.54 Å². The highest BCUT2D eigenvalue weighted by molar-refractivity contribution is 6.30. The van der Waals surface area contributed by atoms with Crippen molar-refractivity contribution in [2.45, 2.75) is 71.1 Å². The van der Waals surface area contributed by atoms with Gasteiger partial charge in [-0.2, -0.15) is 0 Å². The summed E-state index contributed by atoms with van der Waals surface area (Å²) in [4.78, 5) is 27.7. The normalized spacial score (nSPS) is 28.1. The molecule has 3 atom stereocenters. The van der Waals surface area contributed by atoms with Crippen LogP contribution >= 0.6 is 11.6 Å². The molecule has 0 aromatic heterocycles. The van der Waals surface area contributed by atoms with Gasteiger partial charge in [-0.05, 0) is 67.2 Å². The van der Waals surface area contributed by atoms with Gasteiger partial charge in [-0.3, -0.25) is 9.59 Å². The van der Waals surface area contributed by atoms with Crippen LogP contribution in [-0.2, 0) is 14.3 Å². The second-order valence-corrected chi connectivity index (χ2v) is 10.4. The van der Waals surface area contributed by atoms with Gasteiger partial charge in [0.15, 0.2) is 5.76 Å². The Hall–Kier alpha value is -2.01. The number of hydrogen-bond acceptors (Lipinski definition) is 3. The lowest BCUT2D eigenvalue weighted by molar-refractivity contribution is -0.154. The zero-order valence-electron chi connectivity index (χ0n) is 18.0. The molecule has 6 heteroatoms. The topological polar surface area (TPSA) is 58.6 Å². The van der Waals surface area contributed by atoms with Gasteiger partial charge in [0.2, 0.25) is 5.91 Å². The van der Waals surface area contributed by atoms with E-state index in [1.807, 2.05) is 12.1 Å². The maximum atomic E-state index is 13.4. The molecule has 30 heavy (non-hydrogen) atoms. The smallest absolute Gasteiger partial charge is 0.289 e. The summed E-state index contributed by atoms with van der Waals surface area (Å²) in [6, 6.07) is 7.51. The molecule has 3 fully saturated rings. The highest BCUT2D eigenvalue weighted by atomic mass is 35.5. The number of amides is 2. The number of morpholine rings is 1. The van der Waals surface area contributed by atoms with Crippen LogP contribution in [0, 0.1) is 11.3 Å². The summed E-state index contributed by atoms with van der Waals surface area (Å²) in [6.45, 7) is 6.84. The molecule has 1 N–H and O–H groups in total. The molecule has 0 bridgehead atoms. The Morgan fingerprint density at radius 2 is 1.90 bits per heavy atom. The average Bonchev–Trinajstić information content (AvgIpc) is 3.49. The van der Waals surface area contributed by atoms with E-state index < -0.39 is 0 Å². The van der Waals surface area contributed by atoms with Gasteiger partial charge in [-0.1, -0.05) is 44.5 Å². The molecule has 5 nitrogen and oxygen atoms in total. The number of benzene rings is 1. The quantitative estimate of drug-likeness (QED) is 0.720. The summed E-state index contributed by atoms with van der Waals surface area (Å²) in [5.41, 5.74) is 1.02. The van der Waals surface area contributed by atoms with E-state index in [1.165, 1.54) is 0 Å². The third-order valence-corrected chi connectivity index (χ3v) is 6.81. The number of ether oxygens (including phenoxy) is 1. The molecule has 3 aliphatic rings. The van der Waals surface area contributed by atoms with Crippen molar-refractivity contribution in [1.29, 1.82) is 0 Å². The van der Waals surface area contributed by atoms with Gasteiger partial charge >= 0.3 is 0 Å². The van der Waals surface area contributed by atoms with Crippen molar-refractivity contribution < 1.29 is 14.3 Å². The zero-order valence-corrected chi connectivity index (χ0v) is 18.7. The SMILES string of the molecule is CC(C)(C)C1CCC2O/C(=C/c3ccc(Cl)cc3)C(=O)N(CC(=O)NC3CC3)C2C1. The maximum absolute atomic E-state index is 13.4. The molecule has 3 unspecified atom stereocenters. The molecule has 2 aliphatic carbocycles. The molecule has 2 saturated carbocycles. The minimum atomic E-state index is -0.202. The van der Waals surface area contributed by atoms with E-state index in [4.69, 9.17) is 16.3 Å². The number of carbonyl (C=O) groups is 2. The van der Waals surface area contributed by atoms with E-state index in [-0.39, 0.29) is 42.0 Å². The van der Waals surface area contributed by atoms with Crippen LogP contribution in [0.15, 0.2) is 30.0 Å². The minimum Gasteiger partial charge on any atom is -0.482 e. The summed E-state index contributed by atoms with van der Waals surface area (Å²) in [5, 5.41) is 3.67. The van der Waals surface area contributed by atoms with Crippen LogP contribution < -0.4 is 5.32 Å². The van der Waals surface area contributed by atoms with Crippen LogP contribution in [0.25, 0.3) is 6.08 Å². The van der Waals surface area contributed by atoms with E-state index in [0.29, 0.717) is 16.7 Å². The first-order chi connectivity index (χ1) is 14.2. The molecule has 162 valence electrons. The van der Waals surface area contributed by atoms with E-state index in [1.54, 1.807) is 23.1 Å². The Bertz CT molecular complexity index is 839. The van der Waals surface area contributed by atoms with Gasteiger partial charge in [-0.15, -0.1) is 0 Å². The summed E-state index contributed by atoms with van der Waals surface area (Å²) in [6.07, 6.45) is 6.56. The lowest BCUT2D eigenvalue weighted by atomic mass is 9.69.